The average molecular weight is 300 g/mol. The Morgan fingerprint density at radius 1 is 1.32 bits per heavy atom. The summed E-state index contributed by atoms with van der Waals surface area (Å²) in [5.74, 6) is 0.840. The predicted molar refractivity (Wildman–Crippen MR) is 87.5 cm³/mol. The van der Waals surface area contributed by atoms with Crippen LogP contribution in [0.5, 0.6) is 0 Å². The molecule has 0 bridgehead atoms. The number of aryl methyl sites for hydroxylation is 2. The zero-order valence-corrected chi connectivity index (χ0v) is 13.7. The van der Waals surface area contributed by atoms with Gasteiger partial charge in [-0.05, 0) is 44.0 Å². The summed E-state index contributed by atoms with van der Waals surface area (Å²) in [4.78, 5) is 13.8. The van der Waals surface area contributed by atoms with Crippen molar-refractivity contribution in [2.24, 2.45) is 0 Å². The number of furan rings is 1. The second-order valence-corrected chi connectivity index (χ2v) is 5.79. The van der Waals surface area contributed by atoms with Crippen LogP contribution in [0.25, 0.3) is 0 Å². The molecule has 2 aromatic rings. The SMILES string of the molecule is Cc1ccc(C)c(C(C)NCC(=O)N(C)Cc2ccco2)c1. The predicted octanol–water partition coefficient (Wildman–Crippen LogP) is 3.21. The minimum absolute atomic E-state index is 0.0496. The van der Waals surface area contributed by atoms with E-state index < -0.39 is 0 Å². The average Bonchev–Trinajstić information content (AvgIpc) is 2.99. The van der Waals surface area contributed by atoms with Crippen molar-refractivity contribution < 1.29 is 9.21 Å². The highest BCUT2D eigenvalue weighted by atomic mass is 16.3. The smallest absolute Gasteiger partial charge is 0.236 e. The lowest BCUT2D eigenvalue weighted by Crippen LogP contribution is -2.36. The third-order valence-corrected chi connectivity index (χ3v) is 3.86. The van der Waals surface area contributed by atoms with Gasteiger partial charge in [-0.3, -0.25) is 4.79 Å². The molecule has 0 aliphatic rings. The van der Waals surface area contributed by atoms with Gasteiger partial charge in [0.15, 0.2) is 0 Å². The Morgan fingerprint density at radius 2 is 2.09 bits per heavy atom. The molecule has 2 rings (SSSR count). The molecule has 1 atom stereocenters. The van der Waals surface area contributed by atoms with Crippen molar-refractivity contribution in [1.82, 2.24) is 10.2 Å². The maximum atomic E-state index is 12.2. The molecular formula is C18H24N2O2. The molecule has 1 aromatic carbocycles. The van der Waals surface area contributed by atoms with Crippen LogP contribution in [0.3, 0.4) is 0 Å². The molecule has 0 spiro atoms. The number of benzene rings is 1. The summed E-state index contributed by atoms with van der Waals surface area (Å²) in [6.45, 7) is 7.06. The van der Waals surface area contributed by atoms with Gasteiger partial charge in [0.1, 0.15) is 5.76 Å². The van der Waals surface area contributed by atoms with E-state index in [2.05, 4.69) is 44.3 Å². The first kappa shape index (κ1) is 16.3. The van der Waals surface area contributed by atoms with Crippen LogP contribution in [0.2, 0.25) is 0 Å². The summed E-state index contributed by atoms with van der Waals surface area (Å²) in [6, 6.07) is 10.2. The molecule has 0 fully saturated rings. The molecule has 1 unspecified atom stereocenters. The number of nitrogens with one attached hydrogen (secondary N) is 1. The summed E-state index contributed by atoms with van der Waals surface area (Å²) >= 11 is 0. The molecule has 1 amide bonds. The van der Waals surface area contributed by atoms with Crippen molar-refractivity contribution >= 4 is 5.91 Å². The standard InChI is InChI=1S/C18H24N2O2/c1-13-7-8-14(2)17(10-13)15(3)19-11-18(21)20(4)12-16-6-5-9-22-16/h5-10,15,19H,11-12H2,1-4H3. The maximum absolute atomic E-state index is 12.2. The van der Waals surface area contributed by atoms with Gasteiger partial charge in [-0.15, -0.1) is 0 Å². The highest BCUT2D eigenvalue weighted by molar-refractivity contribution is 5.77. The molecule has 1 aromatic heterocycles. The van der Waals surface area contributed by atoms with Gasteiger partial charge in [0.2, 0.25) is 5.91 Å². The van der Waals surface area contributed by atoms with Crippen LogP contribution in [-0.4, -0.2) is 24.4 Å². The molecule has 118 valence electrons. The summed E-state index contributed by atoms with van der Waals surface area (Å²) in [5.41, 5.74) is 3.71. The lowest BCUT2D eigenvalue weighted by atomic mass is 10.00. The number of rotatable bonds is 6. The number of hydrogen-bond donors (Lipinski definition) is 1. The fraction of sp³-hybridized carbons (Fsp3) is 0.389. The van der Waals surface area contributed by atoms with E-state index in [1.165, 1.54) is 16.7 Å². The molecule has 0 saturated carbocycles. The molecule has 0 aliphatic carbocycles. The largest absolute Gasteiger partial charge is 0.467 e. The van der Waals surface area contributed by atoms with Crippen LogP contribution in [-0.2, 0) is 11.3 Å². The number of amides is 1. The topological polar surface area (TPSA) is 45.5 Å². The molecule has 1 heterocycles. The number of hydrogen-bond acceptors (Lipinski definition) is 3. The highest BCUT2D eigenvalue weighted by Crippen LogP contribution is 2.18. The van der Waals surface area contributed by atoms with Gasteiger partial charge in [-0.1, -0.05) is 23.8 Å². The summed E-state index contributed by atoms with van der Waals surface area (Å²) in [7, 11) is 1.79. The van der Waals surface area contributed by atoms with Gasteiger partial charge >= 0.3 is 0 Å². The number of likely N-dealkylation sites (N-methyl/N-ethyl adjacent to an activating group) is 1. The van der Waals surface area contributed by atoms with Crippen LogP contribution in [0, 0.1) is 13.8 Å². The van der Waals surface area contributed by atoms with Gasteiger partial charge in [-0.2, -0.15) is 0 Å². The Balaban J connectivity index is 1.88. The third kappa shape index (κ3) is 4.21. The third-order valence-electron chi connectivity index (χ3n) is 3.86. The molecule has 4 heteroatoms. The molecular weight excluding hydrogens is 276 g/mol. The molecule has 0 aliphatic heterocycles. The van der Waals surface area contributed by atoms with Crippen LogP contribution in [0.4, 0.5) is 0 Å². The molecule has 1 N–H and O–H groups in total. The van der Waals surface area contributed by atoms with E-state index in [4.69, 9.17) is 4.42 Å². The van der Waals surface area contributed by atoms with Gasteiger partial charge in [-0.25, -0.2) is 0 Å². The van der Waals surface area contributed by atoms with Crippen molar-refractivity contribution in [3.8, 4) is 0 Å². The monoisotopic (exact) mass is 300 g/mol. The summed E-state index contributed by atoms with van der Waals surface area (Å²) < 4.78 is 5.26. The second-order valence-electron chi connectivity index (χ2n) is 5.79. The Hall–Kier alpha value is -2.07. The Kier molecular flexibility index (Phi) is 5.39. The van der Waals surface area contributed by atoms with Crippen molar-refractivity contribution in [3.05, 3.63) is 59.0 Å². The van der Waals surface area contributed by atoms with E-state index in [1.54, 1.807) is 18.2 Å². The molecule has 0 saturated heterocycles. The van der Waals surface area contributed by atoms with Crippen molar-refractivity contribution in [2.75, 3.05) is 13.6 Å². The number of carbonyl (C=O) groups excluding carboxylic acids is 1. The first-order chi connectivity index (χ1) is 10.5. The van der Waals surface area contributed by atoms with Crippen molar-refractivity contribution in [2.45, 2.75) is 33.4 Å². The van der Waals surface area contributed by atoms with E-state index in [9.17, 15) is 4.79 Å². The molecule has 0 radical (unpaired) electrons. The number of carbonyl (C=O) groups is 1. The normalized spacial score (nSPS) is 12.2. The summed E-state index contributed by atoms with van der Waals surface area (Å²) in [6.07, 6.45) is 1.62. The van der Waals surface area contributed by atoms with E-state index in [1.807, 2.05) is 12.1 Å². The maximum Gasteiger partial charge on any atom is 0.236 e. The van der Waals surface area contributed by atoms with Crippen molar-refractivity contribution in [1.29, 1.82) is 0 Å². The fourth-order valence-electron chi connectivity index (χ4n) is 2.44. The Bertz CT molecular complexity index is 620. The van der Waals surface area contributed by atoms with Crippen LogP contribution < -0.4 is 5.32 Å². The zero-order valence-electron chi connectivity index (χ0n) is 13.7. The van der Waals surface area contributed by atoms with Gasteiger partial charge in [0.05, 0.1) is 19.4 Å². The van der Waals surface area contributed by atoms with Crippen LogP contribution in [0.1, 0.15) is 35.4 Å². The van der Waals surface area contributed by atoms with E-state index >= 15 is 0 Å². The quantitative estimate of drug-likeness (QED) is 0.891. The first-order valence-electron chi connectivity index (χ1n) is 7.54. The van der Waals surface area contributed by atoms with Gasteiger partial charge < -0.3 is 14.6 Å². The second kappa shape index (κ2) is 7.27. The number of nitrogens with zero attached hydrogens (tertiary/aromatic N) is 1. The fourth-order valence-corrected chi connectivity index (χ4v) is 2.44. The molecule has 4 nitrogen and oxygen atoms in total. The summed E-state index contributed by atoms with van der Waals surface area (Å²) in [5, 5.41) is 3.31. The highest BCUT2D eigenvalue weighted by Gasteiger charge is 2.14. The Morgan fingerprint density at radius 3 is 2.77 bits per heavy atom. The van der Waals surface area contributed by atoms with Crippen LogP contribution >= 0.6 is 0 Å². The van der Waals surface area contributed by atoms with Gasteiger partial charge in [0.25, 0.3) is 0 Å². The molecule has 22 heavy (non-hydrogen) atoms. The lowest BCUT2D eigenvalue weighted by Gasteiger charge is -2.20. The van der Waals surface area contributed by atoms with Crippen LogP contribution in [0.15, 0.2) is 41.0 Å². The Labute approximate surface area is 132 Å². The van der Waals surface area contributed by atoms with Crippen molar-refractivity contribution in [3.63, 3.8) is 0 Å². The van der Waals surface area contributed by atoms with Gasteiger partial charge in [0, 0.05) is 13.1 Å². The van der Waals surface area contributed by atoms with E-state index in [0.717, 1.165) is 5.76 Å². The van der Waals surface area contributed by atoms with E-state index in [-0.39, 0.29) is 11.9 Å². The van der Waals surface area contributed by atoms with E-state index in [0.29, 0.717) is 13.1 Å². The zero-order chi connectivity index (χ0) is 16.1. The first-order valence-corrected chi connectivity index (χ1v) is 7.54. The minimum Gasteiger partial charge on any atom is -0.467 e. The minimum atomic E-state index is 0.0496. The lowest BCUT2D eigenvalue weighted by molar-refractivity contribution is -0.129.